The Bertz CT molecular complexity index is 724. The SMILES string of the molecule is O=[SH+](c1ccccc1)n1cc(I)c2ccncc21. The second-order valence-electron chi connectivity index (χ2n) is 3.82. The fraction of sp³-hybridized carbons (Fsp3) is 0. The summed E-state index contributed by atoms with van der Waals surface area (Å²) in [5.41, 5.74) is 0.909. The van der Waals surface area contributed by atoms with E-state index in [0.717, 1.165) is 19.4 Å². The number of benzene rings is 1. The summed E-state index contributed by atoms with van der Waals surface area (Å²) in [5, 5.41) is 1.09. The van der Waals surface area contributed by atoms with E-state index in [1.807, 2.05) is 42.6 Å². The largest absolute Gasteiger partial charge is 0.262 e. The molecule has 0 saturated heterocycles. The molecular formula is C13H10IN2OS+. The minimum atomic E-state index is -1.63. The zero-order valence-electron chi connectivity index (χ0n) is 9.32. The molecular weight excluding hydrogens is 359 g/mol. The van der Waals surface area contributed by atoms with Gasteiger partial charge in [-0.05, 0) is 40.8 Å². The summed E-state index contributed by atoms with van der Waals surface area (Å²) in [5.74, 6) is 0. The summed E-state index contributed by atoms with van der Waals surface area (Å²) in [7, 11) is -1.63. The van der Waals surface area contributed by atoms with Crippen molar-refractivity contribution in [2.75, 3.05) is 0 Å². The number of rotatable bonds is 2. The zero-order chi connectivity index (χ0) is 12.5. The quantitative estimate of drug-likeness (QED) is 0.395. The van der Waals surface area contributed by atoms with E-state index in [9.17, 15) is 4.21 Å². The Hall–Kier alpha value is -1.21. The molecule has 0 fully saturated rings. The fourth-order valence-electron chi connectivity index (χ4n) is 1.85. The van der Waals surface area contributed by atoms with Gasteiger partial charge in [0.1, 0.15) is 5.52 Å². The first-order valence-corrected chi connectivity index (χ1v) is 7.69. The summed E-state index contributed by atoms with van der Waals surface area (Å²) < 4.78 is 15.4. The maximum atomic E-state index is 12.6. The molecule has 0 saturated carbocycles. The van der Waals surface area contributed by atoms with E-state index in [1.54, 1.807) is 16.4 Å². The van der Waals surface area contributed by atoms with Gasteiger partial charge in [0.15, 0.2) is 4.90 Å². The molecule has 0 bridgehead atoms. The highest BCUT2D eigenvalue weighted by Crippen LogP contribution is 2.24. The van der Waals surface area contributed by atoms with Gasteiger partial charge in [-0.25, -0.2) is 0 Å². The molecule has 1 atom stereocenters. The van der Waals surface area contributed by atoms with Gasteiger partial charge in [-0.2, -0.15) is 3.97 Å². The molecule has 0 radical (unpaired) electrons. The predicted octanol–water partition coefficient (Wildman–Crippen LogP) is 3.16. The van der Waals surface area contributed by atoms with Crippen LogP contribution in [-0.4, -0.2) is 8.96 Å². The molecule has 0 aliphatic heterocycles. The molecule has 0 amide bonds. The second-order valence-corrected chi connectivity index (χ2v) is 6.48. The average molecular weight is 369 g/mol. The smallest absolute Gasteiger partial charge is 0.203 e. The van der Waals surface area contributed by atoms with Crippen LogP contribution in [0.3, 0.4) is 0 Å². The van der Waals surface area contributed by atoms with Crippen molar-refractivity contribution in [3.05, 3.63) is 58.6 Å². The van der Waals surface area contributed by atoms with E-state index < -0.39 is 11.0 Å². The molecule has 2 aromatic heterocycles. The van der Waals surface area contributed by atoms with Crippen molar-refractivity contribution in [2.45, 2.75) is 4.90 Å². The first-order valence-electron chi connectivity index (χ1n) is 5.40. The number of pyridine rings is 1. The normalized spacial score (nSPS) is 12.7. The van der Waals surface area contributed by atoms with Crippen molar-refractivity contribution in [3.8, 4) is 0 Å². The third kappa shape index (κ3) is 1.97. The van der Waals surface area contributed by atoms with Crippen molar-refractivity contribution in [1.29, 1.82) is 0 Å². The topological polar surface area (TPSA) is 34.9 Å². The molecule has 0 spiro atoms. The van der Waals surface area contributed by atoms with Crippen molar-refractivity contribution in [3.63, 3.8) is 0 Å². The molecule has 0 aliphatic carbocycles. The lowest BCUT2D eigenvalue weighted by Gasteiger charge is -1.97. The van der Waals surface area contributed by atoms with Gasteiger partial charge in [-0.1, -0.05) is 22.4 Å². The molecule has 2 heterocycles. The Kier molecular flexibility index (Phi) is 3.17. The first kappa shape index (κ1) is 11.9. The number of aromatic nitrogens is 2. The highest BCUT2D eigenvalue weighted by Gasteiger charge is 2.17. The summed E-state index contributed by atoms with van der Waals surface area (Å²) in [6.45, 7) is 0. The van der Waals surface area contributed by atoms with E-state index in [2.05, 4.69) is 27.6 Å². The number of thiol groups is 1. The highest BCUT2D eigenvalue weighted by molar-refractivity contribution is 14.1. The fourth-order valence-corrected chi connectivity index (χ4v) is 4.05. The lowest BCUT2D eigenvalue weighted by Crippen LogP contribution is -2.02. The Labute approximate surface area is 121 Å². The van der Waals surface area contributed by atoms with Crippen LogP contribution in [0, 0.1) is 3.57 Å². The molecule has 0 N–H and O–H groups in total. The third-order valence-corrected chi connectivity index (χ3v) is 5.03. The van der Waals surface area contributed by atoms with Gasteiger partial charge in [-0.3, -0.25) is 4.98 Å². The third-order valence-electron chi connectivity index (χ3n) is 2.71. The summed E-state index contributed by atoms with van der Waals surface area (Å²) in [4.78, 5) is 4.93. The van der Waals surface area contributed by atoms with Crippen LogP contribution < -0.4 is 0 Å². The van der Waals surface area contributed by atoms with E-state index in [0.29, 0.717) is 0 Å². The van der Waals surface area contributed by atoms with Crippen LogP contribution in [0.15, 0.2) is 59.9 Å². The summed E-state index contributed by atoms with van der Waals surface area (Å²) in [6.07, 6.45) is 5.43. The lowest BCUT2D eigenvalue weighted by molar-refractivity contribution is 0.592. The Balaban J connectivity index is 2.19. The van der Waals surface area contributed by atoms with E-state index in [-0.39, 0.29) is 0 Å². The Morgan fingerprint density at radius 1 is 1.17 bits per heavy atom. The van der Waals surface area contributed by atoms with Gasteiger partial charge < -0.3 is 0 Å². The molecule has 3 rings (SSSR count). The zero-order valence-corrected chi connectivity index (χ0v) is 12.4. The first-order chi connectivity index (χ1) is 8.77. The monoisotopic (exact) mass is 369 g/mol. The second kappa shape index (κ2) is 4.81. The van der Waals surface area contributed by atoms with Crippen LogP contribution in [0.5, 0.6) is 0 Å². The minimum absolute atomic E-state index is 0.824. The molecule has 1 aromatic carbocycles. The summed E-state index contributed by atoms with van der Waals surface area (Å²) in [6, 6.07) is 11.4. The van der Waals surface area contributed by atoms with Crippen LogP contribution in [0.1, 0.15) is 0 Å². The number of hydrogen-bond donors (Lipinski definition) is 0. The highest BCUT2D eigenvalue weighted by atomic mass is 127. The van der Waals surface area contributed by atoms with Gasteiger partial charge in [0.25, 0.3) is 0 Å². The summed E-state index contributed by atoms with van der Waals surface area (Å²) >= 11 is 2.25. The minimum Gasteiger partial charge on any atom is -0.262 e. The number of halogens is 1. The number of hydrogen-bond acceptors (Lipinski definition) is 2. The molecule has 3 aromatic rings. The maximum absolute atomic E-state index is 12.6. The van der Waals surface area contributed by atoms with E-state index in [4.69, 9.17) is 0 Å². The van der Waals surface area contributed by atoms with E-state index in [1.165, 1.54) is 0 Å². The maximum Gasteiger partial charge on any atom is 0.203 e. The van der Waals surface area contributed by atoms with Gasteiger partial charge in [-0.15, -0.1) is 0 Å². The standard InChI is InChI=1S/C13H9IN2OS/c14-12-9-16(13-8-15-7-6-11(12)13)18(17)10-4-2-1-3-5-10/h1-9H/p+1. The van der Waals surface area contributed by atoms with Gasteiger partial charge >= 0.3 is 0 Å². The van der Waals surface area contributed by atoms with Gasteiger partial charge in [0.2, 0.25) is 11.0 Å². The molecule has 0 aliphatic rings. The van der Waals surface area contributed by atoms with Crippen molar-refractivity contribution in [2.24, 2.45) is 0 Å². The molecule has 18 heavy (non-hydrogen) atoms. The molecule has 90 valence electrons. The van der Waals surface area contributed by atoms with E-state index >= 15 is 0 Å². The average Bonchev–Trinajstić information content (AvgIpc) is 2.77. The molecule has 5 heteroatoms. The van der Waals surface area contributed by atoms with Crippen LogP contribution in [-0.2, 0) is 15.2 Å². The van der Waals surface area contributed by atoms with Crippen LogP contribution in [0.2, 0.25) is 0 Å². The van der Waals surface area contributed by atoms with Crippen LogP contribution in [0.4, 0.5) is 0 Å². The Morgan fingerprint density at radius 3 is 2.72 bits per heavy atom. The van der Waals surface area contributed by atoms with Gasteiger partial charge in [0.05, 0.1) is 12.4 Å². The number of nitrogens with zero attached hydrogens (tertiary/aromatic N) is 2. The van der Waals surface area contributed by atoms with Crippen molar-refractivity contribution >= 4 is 44.5 Å². The predicted molar refractivity (Wildman–Crippen MR) is 82.0 cm³/mol. The van der Waals surface area contributed by atoms with Crippen molar-refractivity contribution in [1.82, 2.24) is 8.96 Å². The van der Waals surface area contributed by atoms with Crippen molar-refractivity contribution < 1.29 is 4.21 Å². The Morgan fingerprint density at radius 2 is 1.94 bits per heavy atom. The molecule has 1 unspecified atom stereocenters. The number of fused-ring (bicyclic) bond motifs is 1. The van der Waals surface area contributed by atoms with Crippen LogP contribution >= 0.6 is 22.6 Å². The molecule has 3 nitrogen and oxygen atoms in total. The lowest BCUT2D eigenvalue weighted by atomic mass is 10.3. The van der Waals surface area contributed by atoms with Gasteiger partial charge in [0, 0.05) is 15.2 Å². The van der Waals surface area contributed by atoms with Crippen LogP contribution in [0.25, 0.3) is 10.9 Å².